The monoisotopic (exact) mass is 413 g/mol. The van der Waals surface area contributed by atoms with E-state index in [4.69, 9.17) is 20.8 Å². The van der Waals surface area contributed by atoms with Crippen LogP contribution in [0, 0.1) is 0 Å². The second-order valence-electron chi connectivity index (χ2n) is 7.15. The summed E-state index contributed by atoms with van der Waals surface area (Å²) in [5.41, 5.74) is 2.33. The van der Waals surface area contributed by atoms with Gasteiger partial charge in [0.15, 0.2) is 11.2 Å². The van der Waals surface area contributed by atoms with Gasteiger partial charge in [0, 0.05) is 34.0 Å². The molecule has 0 amide bonds. The molecule has 2 aliphatic rings. The van der Waals surface area contributed by atoms with Gasteiger partial charge in [0.05, 0.1) is 29.7 Å². The summed E-state index contributed by atoms with van der Waals surface area (Å²) in [6.07, 6.45) is 3.11. The third kappa shape index (κ3) is 3.27. The van der Waals surface area contributed by atoms with Gasteiger partial charge in [0.25, 0.3) is 0 Å². The van der Waals surface area contributed by atoms with Gasteiger partial charge in [0.2, 0.25) is 0 Å². The Morgan fingerprint density at radius 3 is 2.86 bits per heavy atom. The van der Waals surface area contributed by atoms with Crippen molar-refractivity contribution in [2.24, 2.45) is 0 Å². The quantitative estimate of drug-likeness (QED) is 0.766. The number of nitrogens with one attached hydrogen (secondary N) is 1. The molecule has 0 saturated carbocycles. The van der Waals surface area contributed by atoms with E-state index in [9.17, 15) is 14.4 Å². The van der Waals surface area contributed by atoms with Gasteiger partial charge in [-0.05, 0) is 44.9 Å². The van der Waals surface area contributed by atoms with E-state index in [1.165, 1.54) is 12.3 Å². The second-order valence-corrected chi connectivity index (χ2v) is 7.58. The highest BCUT2D eigenvalue weighted by molar-refractivity contribution is 6.31. The zero-order chi connectivity index (χ0) is 20.7. The number of ether oxygens (including phenoxy) is 1. The third-order valence-electron chi connectivity index (χ3n) is 5.34. The maximum atomic E-state index is 13.3. The Bertz CT molecular complexity index is 1160. The Kier molecular flexibility index (Phi) is 5.04. The first-order valence-electron chi connectivity index (χ1n) is 9.54. The maximum absolute atomic E-state index is 13.3. The number of Topliss-reactive ketones (excluding diaryl/α,β-unsaturated/α-hetero) is 1. The highest BCUT2D eigenvalue weighted by Crippen LogP contribution is 2.42. The van der Waals surface area contributed by atoms with Crippen LogP contribution in [0.15, 0.2) is 56.2 Å². The van der Waals surface area contributed by atoms with Crippen LogP contribution in [0.4, 0.5) is 0 Å². The number of carbonyl (C=O) groups excluding carboxylic acids is 2. The third-order valence-corrected chi connectivity index (χ3v) is 5.58. The molecule has 150 valence electrons. The van der Waals surface area contributed by atoms with E-state index in [1.54, 1.807) is 26.0 Å². The summed E-state index contributed by atoms with van der Waals surface area (Å²) in [6.45, 7) is 3.65. The highest BCUT2D eigenvalue weighted by Gasteiger charge is 2.40. The topological polar surface area (TPSA) is 85.6 Å². The lowest BCUT2D eigenvalue weighted by molar-refractivity contribution is -0.138. The summed E-state index contributed by atoms with van der Waals surface area (Å²) in [7, 11) is 0. The van der Waals surface area contributed by atoms with Crippen LogP contribution in [0.5, 0.6) is 0 Å². The van der Waals surface area contributed by atoms with Gasteiger partial charge >= 0.3 is 5.97 Å². The van der Waals surface area contributed by atoms with E-state index < -0.39 is 11.9 Å². The zero-order valence-electron chi connectivity index (χ0n) is 16.1. The number of esters is 1. The highest BCUT2D eigenvalue weighted by atomic mass is 35.5. The van der Waals surface area contributed by atoms with Gasteiger partial charge in [-0.3, -0.25) is 9.59 Å². The molecule has 1 atom stereocenters. The van der Waals surface area contributed by atoms with Gasteiger partial charge < -0.3 is 14.5 Å². The fraction of sp³-hybridized carbons (Fsp3) is 0.318. The van der Waals surface area contributed by atoms with Crippen LogP contribution < -0.4 is 10.7 Å². The molecule has 0 saturated heterocycles. The van der Waals surface area contributed by atoms with Crippen molar-refractivity contribution in [3.8, 4) is 0 Å². The van der Waals surface area contributed by atoms with E-state index in [-0.39, 0.29) is 29.0 Å². The summed E-state index contributed by atoms with van der Waals surface area (Å²) < 4.78 is 10.9. The molecule has 1 aromatic carbocycles. The molecule has 0 radical (unpaired) electrons. The molecule has 0 spiro atoms. The summed E-state index contributed by atoms with van der Waals surface area (Å²) in [4.78, 5) is 39.0. The summed E-state index contributed by atoms with van der Waals surface area (Å²) in [6, 6.07) is 4.79. The van der Waals surface area contributed by atoms with E-state index in [0.717, 1.165) is 12.1 Å². The molecule has 6 nitrogen and oxygen atoms in total. The van der Waals surface area contributed by atoms with E-state index >= 15 is 0 Å². The minimum absolute atomic E-state index is 0.0800. The van der Waals surface area contributed by atoms with Gasteiger partial charge in [-0.2, -0.15) is 0 Å². The number of hydrogen-bond acceptors (Lipinski definition) is 6. The molecule has 0 bridgehead atoms. The molecule has 4 rings (SSSR count). The molecule has 1 aliphatic heterocycles. The minimum Gasteiger partial charge on any atom is -0.464 e. The van der Waals surface area contributed by atoms with Crippen molar-refractivity contribution in [2.45, 2.75) is 39.0 Å². The summed E-state index contributed by atoms with van der Waals surface area (Å²) in [5.74, 6) is -1.47. The summed E-state index contributed by atoms with van der Waals surface area (Å²) >= 11 is 6.07. The molecule has 7 heteroatoms. The number of ketones is 1. The average molecular weight is 414 g/mol. The average Bonchev–Trinajstić information content (AvgIpc) is 2.68. The zero-order valence-corrected chi connectivity index (χ0v) is 16.9. The largest absolute Gasteiger partial charge is 0.464 e. The standard InChI is InChI=1S/C22H20ClNO5/c1-3-28-22(27)18-11(2)24-15-5-4-6-16(25)20(15)19(18)14-10-29-17-8-7-12(23)9-13(17)21(14)26/h7-10,19,24H,3-6H2,1-2H3. The van der Waals surface area contributed by atoms with Gasteiger partial charge in [0.1, 0.15) is 5.58 Å². The lowest BCUT2D eigenvalue weighted by Gasteiger charge is -2.33. The number of hydrogen-bond donors (Lipinski definition) is 1. The van der Waals surface area contributed by atoms with E-state index in [1.807, 2.05) is 0 Å². The first-order valence-corrected chi connectivity index (χ1v) is 9.92. The van der Waals surface area contributed by atoms with Crippen molar-refractivity contribution < 1.29 is 18.7 Å². The van der Waals surface area contributed by atoms with E-state index in [2.05, 4.69) is 5.32 Å². The normalized spacial score (nSPS) is 19.3. The number of dihydropyridines is 1. The number of allylic oxidation sites excluding steroid dienone is 3. The molecule has 1 aliphatic carbocycles. The predicted octanol–water partition coefficient (Wildman–Crippen LogP) is 3.98. The van der Waals surface area contributed by atoms with Gasteiger partial charge in [-0.1, -0.05) is 11.6 Å². The Hall–Kier alpha value is -2.86. The Balaban J connectivity index is 1.99. The van der Waals surface area contributed by atoms with E-state index in [0.29, 0.717) is 40.1 Å². The van der Waals surface area contributed by atoms with Crippen LogP contribution in [-0.4, -0.2) is 18.4 Å². The maximum Gasteiger partial charge on any atom is 0.336 e. The van der Waals surface area contributed by atoms with Crippen LogP contribution in [-0.2, 0) is 14.3 Å². The molecule has 0 fully saturated rings. The number of halogens is 1. The molecule has 1 aromatic heterocycles. The first kappa shape index (κ1) is 19.5. The molecular weight excluding hydrogens is 394 g/mol. The lowest BCUT2D eigenvalue weighted by Crippen LogP contribution is -2.36. The van der Waals surface area contributed by atoms with Crippen molar-refractivity contribution in [3.63, 3.8) is 0 Å². The first-order chi connectivity index (χ1) is 13.9. The molecule has 2 heterocycles. The number of benzene rings is 1. The Labute approximate surface area is 172 Å². The summed E-state index contributed by atoms with van der Waals surface area (Å²) in [5, 5.41) is 3.89. The van der Waals surface area contributed by atoms with Gasteiger partial charge in [-0.15, -0.1) is 0 Å². The molecular formula is C22H20ClNO5. The van der Waals surface area contributed by atoms with Gasteiger partial charge in [-0.25, -0.2) is 4.79 Å². The van der Waals surface area contributed by atoms with Crippen molar-refractivity contribution in [1.82, 2.24) is 5.32 Å². The van der Waals surface area contributed by atoms with Crippen molar-refractivity contribution in [2.75, 3.05) is 6.61 Å². The Morgan fingerprint density at radius 2 is 2.10 bits per heavy atom. The lowest BCUT2D eigenvalue weighted by atomic mass is 9.75. The minimum atomic E-state index is -0.835. The molecule has 2 aromatic rings. The molecule has 1 N–H and O–H groups in total. The number of rotatable bonds is 3. The van der Waals surface area contributed by atoms with Crippen LogP contribution in [0.25, 0.3) is 11.0 Å². The second kappa shape index (κ2) is 7.52. The number of fused-ring (bicyclic) bond motifs is 1. The van der Waals surface area contributed by atoms with Crippen molar-refractivity contribution >= 4 is 34.3 Å². The van der Waals surface area contributed by atoms with Crippen molar-refractivity contribution in [1.29, 1.82) is 0 Å². The van der Waals surface area contributed by atoms with Crippen LogP contribution in [0.2, 0.25) is 5.02 Å². The fourth-order valence-electron chi connectivity index (χ4n) is 4.09. The van der Waals surface area contributed by atoms with Crippen LogP contribution in [0.1, 0.15) is 44.6 Å². The molecule has 1 unspecified atom stereocenters. The Morgan fingerprint density at radius 1 is 1.31 bits per heavy atom. The van der Waals surface area contributed by atoms with Crippen LogP contribution >= 0.6 is 11.6 Å². The SMILES string of the molecule is CCOC(=O)C1=C(C)NC2=C(C(=O)CCC2)C1c1coc2ccc(Cl)cc2c1=O. The smallest absolute Gasteiger partial charge is 0.336 e. The molecule has 29 heavy (non-hydrogen) atoms. The predicted molar refractivity (Wildman–Crippen MR) is 109 cm³/mol. The fourth-order valence-corrected chi connectivity index (χ4v) is 4.26. The number of carbonyl (C=O) groups is 2. The van der Waals surface area contributed by atoms with Crippen LogP contribution in [0.3, 0.4) is 0 Å². The van der Waals surface area contributed by atoms with Crippen molar-refractivity contribution in [3.05, 3.63) is 67.8 Å².